The van der Waals surface area contributed by atoms with Crippen LogP contribution in [0.2, 0.25) is 0 Å². The minimum atomic E-state index is -1.01. The number of carboxylic acids is 1. The number of amides is 1. The van der Waals surface area contributed by atoms with Crippen LogP contribution < -0.4 is 4.74 Å². The Labute approximate surface area is 136 Å². The number of aliphatic carboxylic acids is 1. The van der Waals surface area contributed by atoms with E-state index in [-0.39, 0.29) is 12.5 Å². The van der Waals surface area contributed by atoms with Crippen molar-refractivity contribution >= 4 is 11.9 Å². The normalized spacial score (nSPS) is 20.8. The van der Waals surface area contributed by atoms with Gasteiger partial charge in [-0.1, -0.05) is 12.1 Å². The van der Waals surface area contributed by atoms with E-state index >= 15 is 0 Å². The van der Waals surface area contributed by atoms with Gasteiger partial charge in [-0.2, -0.15) is 0 Å². The summed E-state index contributed by atoms with van der Waals surface area (Å²) < 4.78 is 10.5. The van der Waals surface area contributed by atoms with Gasteiger partial charge in [0.25, 0.3) is 0 Å². The lowest BCUT2D eigenvalue weighted by molar-refractivity contribution is -0.148. The molecule has 0 aliphatic carbocycles. The van der Waals surface area contributed by atoms with Crippen molar-refractivity contribution in [1.82, 2.24) is 4.90 Å². The zero-order valence-electron chi connectivity index (χ0n) is 13.6. The summed E-state index contributed by atoms with van der Waals surface area (Å²) in [5.41, 5.74) is 0.515. The third-order valence-electron chi connectivity index (χ3n) is 4.01. The van der Waals surface area contributed by atoms with Gasteiger partial charge < -0.3 is 19.5 Å². The molecule has 1 amide bonds. The van der Waals surface area contributed by atoms with Crippen LogP contribution in [0.5, 0.6) is 5.75 Å². The zero-order chi connectivity index (χ0) is 16.9. The number of carboxylic acid groups (broad SMARTS) is 1. The van der Waals surface area contributed by atoms with E-state index in [0.29, 0.717) is 18.9 Å². The van der Waals surface area contributed by atoms with Gasteiger partial charge in [0.1, 0.15) is 5.75 Å². The van der Waals surface area contributed by atoms with E-state index in [9.17, 15) is 9.59 Å². The van der Waals surface area contributed by atoms with Crippen LogP contribution in [-0.2, 0) is 20.9 Å². The molecule has 1 aliphatic heterocycles. The summed E-state index contributed by atoms with van der Waals surface area (Å²) in [5.74, 6) is -0.427. The van der Waals surface area contributed by atoms with Crippen molar-refractivity contribution in [3.8, 4) is 5.75 Å². The van der Waals surface area contributed by atoms with Gasteiger partial charge in [0.05, 0.1) is 12.0 Å². The molecule has 2 rings (SSSR count). The first kappa shape index (κ1) is 17.3. The summed E-state index contributed by atoms with van der Waals surface area (Å²) >= 11 is 0. The van der Waals surface area contributed by atoms with Crippen LogP contribution >= 0.6 is 0 Å². The molecule has 1 unspecified atom stereocenters. The van der Waals surface area contributed by atoms with Gasteiger partial charge in [-0.05, 0) is 37.5 Å². The monoisotopic (exact) mass is 321 g/mol. The standard InChI is InChI=1S/C17H23NO5/c1-17(8-3-9-22-12-17)16(21)18(2)10-13-4-6-14(7-5-13)23-11-15(19)20/h4-7H,3,8-12H2,1-2H3,(H,19,20). The topological polar surface area (TPSA) is 76.1 Å². The highest BCUT2D eigenvalue weighted by Gasteiger charge is 2.37. The molecule has 1 N–H and O–H groups in total. The number of rotatable bonds is 6. The maximum atomic E-state index is 12.6. The van der Waals surface area contributed by atoms with Gasteiger partial charge in [-0.15, -0.1) is 0 Å². The van der Waals surface area contributed by atoms with Gasteiger partial charge in [0, 0.05) is 20.2 Å². The van der Waals surface area contributed by atoms with E-state index in [4.69, 9.17) is 14.6 Å². The molecule has 0 bridgehead atoms. The highest BCUT2D eigenvalue weighted by molar-refractivity contribution is 5.82. The summed E-state index contributed by atoms with van der Waals surface area (Å²) in [6.07, 6.45) is 1.75. The Morgan fingerprint density at radius 1 is 1.35 bits per heavy atom. The molecule has 0 aromatic heterocycles. The summed E-state index contributed by atoms with van der Waals surface area (Å²) in [6.45, 7) is 3.28. The first-order valence-corrected chi connectivity index (χ1v) is 7.67. The molecular weight excluding hydrogens is 298 g/mol. The Kier molecular flexibility index (Phi) is 5.60. The molecule has 23 heavy (non-hydrogen) atoms. The average Bonchev–Trinajstić information content (AvgIpc) is 2.54. The van der Waals surface area contributed by atoms with Crippen LogP contribution in [0.25, 0.3) is 0 Å². The Bertz CT molecular complexity index is 549. The Balaban J connectivity index is 1.92. The predicted molar refractivity (Wildman–Crippen MR) is 84.2 cm³/mol. The number of carbonyl (C=O) groups is 2. The van der Waals surface area contributed by atoms with E-state index in [1.54, 1.807) is 24.1 Å². The molecule has 1 fully saturated rings. The van der Waals surface area contributed by atoms with Crippen molar-refractivity contribution in [2.45, 2.75) is 26.3 Å². The molecule has 1 aromatic rings. The summed E-state index contributed by atoms with van der Waals surface area (Å²) in [5, 5.41) is 8.58. The van der Waals surface area contributed by atoms with Crippen LogP contribution in [0.1, 0.15) is 25.3 Å². The fourth-order valence-electron chi connectivity index (χ4n) is 2.75. The predicted octanol–water partition coefficient (Wildman–Crippen LogP) is 1.93. The molecule has 6 nitrogen and oxygen atoms in total. The first-order chi connectivity index (χ1) is 10.9. The van der Waals surface area contributed by atoms with Crippen molar-refractivity contribution in [2.24, 2.45) is 5.41 Å². The summed E-state index contributed by atoms with van der Waals surface area (Å²) in [6, 6.07) is 7.09. The van der Waals surface area contributed by atoms with E-state index < -0.39 is 11.4 Å². The second-order valence-corrected chi connectivity index (χ2v) is 6.20. The van der Waals surface area contributed by atoms with Gasteiger partial charge >= 0.3 is 5.97 Å². The lowest BCUT2D eigenvalue weighted by atomic mass is 9.83. The number of hydrogen-bond acceptors (Lipinski definition) is 4. The molecule has 6 heteroatoms. The number of benzene rings is 1. The van der Waals surface area contributed by atoms with Crippen LogP contribution in [-0.4, -0.2) is 48.8 Å². The van der Waals surface area contributed by atoms with Crippen molar-refractivity contribution < 1.29 is 24.2 Å². The van der Waals surface area contributed by atoms with E-state index in [2.05, 4.69) is 0 Å². The fourth-order valence-corrected chi connectivity index (χ4v) is 2.75. The van der Waals surface area contributed by atoms with E-state index in [0.717, 1.165) is 25.0 Å². The molecule has 1 atom stereocenters. The SMILES string of the molecule is CN(Cc1ccc(OCC(=O)O)cc1)C(=O)C1(C)CCCOC1. The van der Waals surface area contributed by atoms with Crippen molar-refractivity contribution in [3.63, 3.8) is 0 Å². The quantitative estimate of drug-likeness (QED) is 0.866. The average molecular weight is 321 g/mol. The second kappa shape index (κ2) is 7.46. The lowest BCUT2D eigenvalue weighted by Crippen LogP contribution is -2.44. The zero-order valence-corrected chi connectivity index (χ0v) is 13.6. The van der Waals surface area contributed by atoms with Crippen molar-refractivity contribution in [2.75, 3.05) is 26.9 Å². The number of hydrogen-bond donors (Lipinski definition) is 1. The Morgan fingerprint density at radius 2 is 2.04 bits per heavy atom. The minimum absolute atomic E-state index is 0.0865. The third-order valence-corrected chi connectivity index (χ3v) is 4.01. The molecule has 0 radical (unpaired) electrons. The van der Waals surface area contributed by atoms with E-state index in [1.165, 1.54) is 0 Å². The number of nitrogens with zero attached hydrogens (tertiary/aromatic N) is 1. The molecule has 0 saturated carbocycles. The molecule has 1 saturated heterocycles. The van der Waals surface area contributed by atoms with Crippen LogP contribution in [0.4, 0.5) is 0 Å². The minimum Gasteiger partial charge on any atom is -0.482 e. The maximum absolute atomic E-state index is 12.6. The largest absolute Gasteiger partial charge is 0.482 e. The van der Waals surface area contributed by atoms with Gasteiger partial charge in [0.2, 0.25) is 5.91 Å². The Hall–Kier alpha value is -2.08. The molecule has 1 aliphatic rings. The highest BCUT2D eigenvalue weighted by atomic mass is 16.5. The van der Waals surface area contributed by atoms with Crippen LogP contribution in [0.15, 0.2) is 24.3 Å². The smallest absolute Gasteiger partial charge is 0.341 e. The fraction of sp³-hybridized carbons (Fsp3) is 0.529. The van der Waals surface area contributed by atoms with Crippen LogP contribution in [0, 0.1) is 5.41 Å². The Morgan fingerprint density at radius 3 is 2.61 bits per heavy atom. The lowest BCUT2D eigenvalue weighted by Gasteiger charge is -2.35. The molecule has 126 valence electrons. The molecule has 0 spiro atoms. The summed E-state index contributed by atoms with van der Waals surface area (Å²) in [4.78, 5) is 24.8. The molecular formula is C17H23NO5. The summed E-state index contributed by atoms with van der Waals surface area (Å²) in [7, 11) is 1.79. The van der Waals surface area contributed by atoms with Gasteiger partial charge in [0.15, 0.2) is 6.61 Å². The molecule has 1 aromatic carbocycles. The van der Waals surface area contributed by atoms with Gasteiger partial charge in [-0.25, -0.2) is 4.79 Å². The maximum Gasteiger partial charge on any atom is 0.341 e. The van der Waals surface area contributed by atoms with E-state index in [1.807, 2.05) is 19.1 Å². The van der Waals surface area contributed by atoms with Gasteiger partial charge in [-0.3, -0.25) is 4.79 Å². The van der Waals surface area contributed by atoms with Crippen molar-refractivity contribution in [3.05, 3.63) is 29.8 Å². The van der Waals surface area contributed by atoms with Crippen LogP contribution in [0.3, 0.4) is 0 Å². The number of carbonyl (C=O) groups excluding carboxylic acids is 1. The highest BCUT2D eigenvalue weighted by Crippen LogP contribution is 2.30. The molecule has 1 heterocycles. The van der Waals surface area contributed by atoms with Crippen molar-refractivity contribution in [1.29, 1.82) is 0 Å². The number of ether oxygens (including phenoxy) is 2. The first-order valence-electron chi connectivity index (χ1n) is 7.67. The third kappa shape index (κ3) is 4.69. The second-order valence-electron chi connectivity index (χ2n) is 6.20.